The van der Waals surface area contributed by atoms with Crippen molar-refractivity contribution in [3.8, 4) is 33.4 Å². The lowest BCUT2D eigenvalue weighted by atomic mass is 9.98. The molecular weight excluding hydrogens is 536 g/mol. The summed E-state index contributed by atoms with van der Waals surface area (Å²) in [4.78, 5) is 6.67. The van der Waals surface area contributed by atoms with Gasteiger partial charge in [0, 0.05) is 22.8 Å². The molecule has 0 unspecified atom stereocenters. The molecular formula is C41H28N2O. The van der Waals surface area contributed by atoms with E-state index in [2.05, 4.69) is 149 Å². The van der Waals surface area contributed by atoms with Crippen LogP contribution in [0.25, 0.3) is 55.3 Å². The number of benzene rings is 6. The summed E-state index contributed by atoms with van der Waals surface area (Å²) in [6.45, 7) is 0. The number of rotatable bonds is 6. The molecule has 0 aliphatic carbocycles. The first-order chi connectivity index (χ1) is 21.8. The van der Waals surface area contributed by atoms with Crippen LogP contribution >= 0.6 is 0 Å². The van der Waals surface area contributed by atoms with Crippen molar-refractivity contribution in [1.82, 2.24) is 4.98 Å². The van der Waals surface area contributed by atoms with Crippen LogP contribution in [0, 0.1) is 0 Å². The summed E-state index contributed by atoms with van der Waals surface area (Å²) < 4.78 is 6.27. The van der Waals surface area contributed by atoms with E-state index in [1.54, 1.807) is 6.20 Å². The van der Waals surface area contributed by atoms with Gasteiger partial charge in [0.1, 0.15) is 5.58 Å². The molecule has 0 N–H and O–H groups in total. The molecule has 0 aliphatic heterocycles. The van der Waals surface area contributed by atoms with Gasteiger partial charge in [0.05, 0.1) is 23.0 Å². The summed E-state index contributed by atoms with van der Waals surface area (Å²) in [6.07, 6.45) is 3.62. The number of para-hydroxylation sites is 1. The number of hydrogen-bond donors (Lipinski definition) is 0. The third-order valence-corrected chi connectivity index (χ3v) is 8.20. The van der Waals surface area contributed by atoms with Gasteiger partial charge in [0.15, 0.2) is 5.58 Å². The van der Waals surface area contributed by atoms with Crippen molar-refractivity contribution in [2.45, 2.75) is 0 Å². The third kappa shape index (κ3) is 4.61. The van der Waals surface area contributed by atoms with Crippen LogP contribution in [-0.4, -0.2) is 4.98 Å². The second kappa shape index (κ2) is 11.0. The molecule has 44 heavy (non-hydrogen) atoms. The summed E-state index contributed by atoms with van der Waals surface area (Å²) in [7, 11) is 0. The van der Waals surface area contributed by atoms with Crippen LogP contribution in [0.1, 0.15) is 0 Å². The Morgan fingerprint density at radius 2 is 1.00 bits per heavy atom. The molecule has 0 bridgehead atoms. The van der Waals surface area contributed by atoms with Gasteiger partial charge < -0.3 is 9.32 Å². The van der Waals surface area contributed by atoms with E-state index in [4.69, 9.17) is 4.42 Å². The first-order valence-corrected chi connectivity index (χ1v) is 14.8. The molecule has 0 saturated carbocycles. The Balaban J connectivity index is 1.32. The Kier molecular flexibility index (Phi) is 6.47. The number of aromatic nitrogens is 1. The Labute approximate surface area is 256 Å². The van der Waals surface area contributed by atoms with Gasteiger partial charge in [0.2, 0.25) is 0 Å². The second-order valence-electron chi connectivity index (χ2n) is 10.8. The zero-order valence-electron chi connectivity index (χ0n) is 24.0. The maximum Gasteiger partial charge on any atom is 0.153 e. The van der Waals surface area contributed by atoms with Gasteiger partial charge in [-0.15, -0.1) is 0 Å². The van der Waals surface area contributed by atoms with Crippen molar-refractivity contribution in [3.63, 3.8) is 0 Å². The Hall–Kier alpha value is -5.93. The molecule has 0 radical (unpaired) electrons. The Bertz CT molecular complexity index is 2200. The molecule has 2 heterocycles. The fraction of sp³-hybridized carbons (Fsp3) is 0. The van der Waals surface area contributed by atoms with Gasteiger partial charge in [-0.2, -0.15) is 0 Å². The Morgan fingerprint density at radius 3 is 1.70 bits per heavy atom. The smallest absolute Gasteiger partial charge is 0.153 e. The lowest BCUT2D eigenvalue weighted by Crippen LogP contribution is -2.11. The minimum absolute atomic E-state index is 0.777. The predicted molar refractivity (Wildman–Crippen MR) is 183 cm³/mol. The van der Waals surface area contributed by atoms with E-state index >= 15 is 0 Å². The van der Waals surface area contributed by atoms with Crippen LogP contribution in [-0.2, 0) is 0 Å². The van der Waals surface area contributed by atoms with Crippen LogP contribution in [0.2, 0.25) is 0 Å². The van der Waals surface area contributed by atoms with E-state index in [0.717, 1.165) is 50.1 Å². The molecule has 0 spiro atoms. The summed E-state index contributed by atoms with van der Waals surface area (Å²) in [5.41, 5.74) is 11.9. The molecule has 3 nitrogen and oxygen atoms in total. The maximum atomic E-state index is 6.27. The quantitative estimate of drug-likeness (QED) is 0.201. The van der Waals surface area contributed by atoms with Gasteiger partial charge in [0.25, 0.3) is 0 Å². The van der Waals surface area contributed by atoms with Crippen LogP contribution < -0.4 is 4.90 Å². The third-order valence-electron chi connectivity index (χ3n) is 8.20. The van der Waals surface area contributed by atoms with Crippen molar-refractivity contribution < 1.29 is 4.42 Å². The molecule has 2 aromatic heterocycles. The SMILES string of the molecule is c1ccc(-c2ccc(-c3ccccc3N(c3ccc(-c4ccccc4)cc3)c3cccc4oc5cnccc5c34)cc2)cc1. The summed E-state index contributed by atoms with van der Waals surface area (Å²) in [5, 5.41) is 2.10. The minimum Gasteiger partial charge on any atom is -0.454 e. The molecule has 0 fully saturated rings. The molecule has 0 saturated heterocycles. The van der Waals surface area contributed by atoms with Crippen molar-refractivity contribution in [3.05, 3.63) is 170 Å². The number of hydrogen-bond acceptors (Lipinski definition) is 3. The molecule has 0 atom stereocenters. The number of nitrogens with zero attached hydrogens (tertiary/aromatic N) is 2. The first-order valence-electron chi connectivity index (χ1n) is 14.8. The largest absolute Gasteiger partial charge is 0.454 e. The fourth-order valence-electron chi connectivity index (χ4n) is 6.08. The van der Waals surface area contributed by atoms with E-state index in [1.165, 1.54) is 22.3 Å². The molecule has 0 amide bonds. The van der Waals surface area contributed by atoms with Crippen molar-refractivity contribution in [1.29, 1.82) is 0 Å². The van der Waals surface area contributed by atoms with Gasteiger partial charge >= 0.3 is 0 Å². The van der Waals surface area contributed by atoms with E-state index in [9.17, 15) is 0 Å². The normalized spacial score (nSPS) is 11.2. The standard InChI is InChI=1S/C41H28N2O/c1-3-10-29(11-4-1)31-18-20-33(21-19-31)35-14-7-8-15-37(35)43(34-24-22-32(23-25-34)30-12-5-2-6-13-30)38-16-9-17-39-41(38)36-26-27-42-28-40(36)44-39/h1-28H. The van der Waals surface area contributed by atoms with Gasteiger partial charge in [-0.3, -0.25) is 4.98 Å². The highest BCUT2D eigenvalue weighted by Crippen LogP contribution is 2.46. The number of anilines is 3. The fourth-order valence-corrected chi connectivity index (χ4v) is 6.08. The van der Waals surface area contributed by atoms with Gasteiger partial charge in [-0.05, 0) is 64.2 Å². The highest BCUT2D eigenvalue weighted by molar-refractivity contribution is 6.13. The maximum absolute atomic E-state index is 6.27. The van der Waals surface area contributed by atoms with E-state index < -0.39 is 0 Å². The van der Waals surface area contributed by atoms with E-state index in [-0.39, 0.29) is 0 Å². The van der Waals surface area contributed by atoms with Crippen molar-refractivity contribution in [2.24, 2.45) is 0 Å². The van der Waals surface area contributed by atoms with E-state index in [0.29, 0.717) is 0 Å². The van der Waals surface area contributed by atoms with E-state index in [1.807, 2.05) is 24.4 Å². The molecule has 0 aliphatic rings. The first kappa shape index (κ1) is 25.8. The molecule has 6 aromatic carbocycles. The number of furan rings is 1. The van der Waals surface area contributed by atoms with Gasteiger partial charge in [-0.25, -0.2) is 0 Å². The van der Waals surface area contributed by atoms with Crippen LogP contribution in [0.3, 0.4) is 0 Å². The van der Waals surface area contributed by atoms with Crippen LogP contribution in [0.5, 0.6) is 0 Å². The molecule has 3 heteroatoms. The monoisotopic (exact) mass is 564 g/mol. The topological polar surface area (TPSA) is 29.3 Å². The highest BCUT2D eigenvalue weighted by Gasteiger charge is 2.22. The average molecular weight is 565 g/mol. The summed E-state index contributed by atoms with van der Waals surface area (Å²) in [6, 6.07) is 55.6. The molecule has 8 rings (SSSR count). The lowest BCUT2D eigenvalue weighted by Gasteiger charge is -2.28. The van der Waals surface area contributed by atoms with Crippen LogP contribution in [0.4, 0.5) is 17.1 Å². The number of fused-ring (bicyclic) bond motifs is 3. The zero-order chi connectivity index (χ0) is 29.3. The highest BCUT2D eigenvalue weighted by atomic mass is 16.3. The lowest BCUT2D eigenvalue weighted by molar-refractivity contribution is 0.667. The predicted octanol–water partition coefficient (Wildman–Crippen LogP) is 11.5. The van der Waals surface area contributed by atoms with Crippen molar-refractivity contribution in [2.75, 3.05) is 4.90 Å². The minimum atomic E-state index is 0.777. The van der Waals surface area contributed by atoms with Crippen molar-refractivity contribution >= 4 is 39.0 Å². The zero-order valence-corrected chi connectivity index (χ0v) is 24.0. The molecule has 8 aromatic rings. The second-order valence-corrected chi connectivity index (χ2v) is 10.8. The summed E-state index contributed by atoms with van der Waals surface area (Å²) >= 11 is 0. The Morgan fingerprint density at radius 1 is 0.432 bits per heavy atom. The van der Waals surface area contributed by atoms with Crippen LogP contribution in [0.15, 0.2) is 175 Å². The molecule has 208 valence electrons. The summed E-state index contributed by atoms with van der Waals surface area (Å²) in [5.74, 6) is 0. The van der Waals surface area contributed by atoms with Gasteiger partial charge in [-0.1, -0.05) is 121 Å². The average Bonchev–Trinajstić information content (AvgIpc) is 3.49. The number of pyridine rings is 1.